The molecule has 0 aliphatic rings. The molecule has 1 atom stereocenters. The van der Waals surface area contributed by atoms with Gasteiger partial charge in [0.2, 0.25) is 0 Å². The summed E-state index contributed by atoms with van der Waals surface area (Å²) in [5, 5.41) is 0. The molecule has 0 spiro atoms. The number of carbonyl (C=O) groups excluding carboxylic acids is 1. The van der Waals surface area contributed by atoms with E-state index in [1.54, 1.807) is 7.11 Å². The van der Waals surface area contributed by atoms with Crippen LogP contribution in [0.3, 0.4) is 0 Å². The van der Waals surface area contributed by atoms with Crippen molar-refractivity contribution in [2.24, 2.45) is 0 Å². The SMILES string of the molecule is CCc1ccc(C(=O)CCC(C)OC)cc1. The monoisotopic (exact) mass is 220 g/mol. The van der Waals surface area contributed by atoms with E-state index in [0.29, 0.717) is 6.42 Å². The smallest absolute Gasteiger partial charge is 0.162 e. The zero-order chi connectivity index (χ0) is 12.0. The van der Waals surface area contributed by atoms with Gasteiger partial charge in [-0.05, 0) is 25.3 Å². The molecule has 0 aliphatic heterocycles. The Morgan fingerprint density at radius 1 is 1.31 bits per heavy atom. The van der Waals surface area contributed by atoms with Crippen LogP contribution >= 0.6 is 0 Å². The minimum absolute atomic E-state index is 0.152. The van der Waals surface area contributed by atoms with Crippen molar-refractivity contribution in [2.75, 3.05) is 7.11 Å². The minimum atomic E-state index is 0.152. The van der Waals surface area contributed by atoms with Gasteiger partial charge in [0.25, 0.3) is 0 Å². The van der Waals surface area contributed by atoms with E-state index in [1.807, 2.05) is 31.2 Å². The van der Waals surface area contributed by atoms with Crippen molar-refractivity contribution in [1.29, 1.82) is 0 Å². The fraction of sp³-hybridized carbons (Fsp3) is 0.500. The van der Waals surface area contributed by atoms with Gasteiger partial charge in [-0.2, -0.15) is 0 Å². The molecule has 0 fully saturated rings. The fourth-order valence-electron chi connectivity index (χ4n) is 1.52. The molecule has 0 aromatic heterocycles. The first-order valence-corrected chi connectivity index (χ1v) is 5.82. The van der Waals surface area contributed by atoms with Crippen LogP contribution in [0.25, 0.3) is 0 Å². The van der Waals surface area contributed by atoms with E-state index < -0.39 is 0 Å². The van der Waals surface area contributed by atoms with Crippen LogP contribution in [0.2, 0.25) is 0 Å². The molecule has 0 aliphatic carbocycles. The maximum absolute atomic E-state index is 11.8. The van der Waals surface area contributed by atoms with Gasteiger partial charge in [-0.25, -0.2) is 0 Å². The Balaban J connectivity index is 2.52. The highest BCUT2D eigenvalue weighted by atomic mass is 16.5. The van der Waals surface area contributed by atoms with Crippen molar-refractivity contribution in [1.82, 2.24) is 0 Å². The van der Waals surface area contributed by atoms with E-state index in [0.717, 1.165) is 18.4 Å². The lowest BCUT2D eigenvalue weighted by molar-refractivity contribution is 0.0878. The fourth-order valence-corrected chi connectivity index (χ4v) is 1.52. The molecule has 0 N–H and O–H groups in total. The highest BCUT2D eigenvalue weighted by Gasteiger charge is 2.08. The first-order chi connectivity index (χ1) is 7.67. The topological polar surface area (TPSA) is 26.3 Å². The third-order valence-electron chi connectivity index (χ3n) is 2.86. The third-order valence-corrected chi connectivity index (χ3v) is 2.86. The molecular formula is C14H20O2. The molecule has 2 nitrogen and oxygen atoms in total. The summed E-state index contributed by atoms with van der Waals surface area (Å²) in [6, 6.07) is 7.87. The van der Waals surface area contributed by atoms with Crippen molar-refractivity contribution in [3.63, 3.8) is 0 Å². The Morgan fingerprint density at radius 2 is 1.94 bits per heavy atom. The van der Waals surface area contributed by atoms with Crippen molar-refractivity contribution in [3.05, 3.63) is 35.4 Å². The molecule has 2 heteroatoms. The number of hydrogen-bond acceptors (Lipinski definition) is 2. The second-order valence-electron chi connectivity index (χ2n) is 4.06. The molecule has 1 rings (SSSR count). The molecule has 0 saturated heterocycles. The number of ether oxygens (including phenoxy) is 1. The van der Waals surface area contributed by atoms with Gasteiger partial charge in [-0.1, -0.05) is 31.2 Å². The van der Waals surface area contributed by atoms with Gasteiger partial charge >= 0.3 is 0 Å². The summed E-state index contributed by atoms with van der Waals surface area (Å²) in [6.07, 6.45) is 2.50. The standard InChI is InChI=1S/C14H20O2/c1-4-12-6-8-13(9-7-12)14(15)10-5-11(2)16-3/h6-9,11H,4-5,10H2,1-3H3. The van der Waals surface area contributed by atoms with E-state index in [4.69, 9.17) is 4.74 Å². The molecule has 1 unspecified atom stereocenters. The second kappa shape index (κ2) is 6.44. The van der Waals surface area contributed by atoms with E-state index in [9.17, 15) is 4.79 Å². The Hall–Kier alpha value is -1.15. The number of benzene rings is 1. The van der Waals surface area contributed by atoms with Crippen molar-refractivity contribution in [2.45, 2.75) is 39.2 Å². The van der Waals surface area contributed by atoms with Gasteiger partial charge in [0.15, 0.2) is 5.78 Å². The molecule has 0 bridgehead atoms. The average molecular weight is 220 g/mol. The van der Waals surface area contributed by atoms with Crippen molar-refractivity contribution < 1.29 is 9.53 Å². The number of carbonyl (C=O) groups is 1. The summed E-state index contributed by atoms with van der Waals surface area (Å²) in [6.45, 7) is 4.09. The van der Waals surface area contributed by atoms with E-state index in [1.165, 1.54) is 5.56 Å². The predicted octanol–water partition coefficient (Wildman–Crippen LogP) is 3.25. The molecule has 0 saturated carbocycles. The number of aryl methyl sites for hydroxylation is 1. The summed E-state index contributed by atoms with van der Waals surface area (Å²) in [4.78, 5) is 11.8. The van der Waals surface area contributed by atoms with Crippen LogP contribution in [0, 0.1) is 0 Å². The summed E-state index contributed by atoms with van der Waals surface area (Å²) < 4.78 is 5.12. The van der Waals surface area contributed by atoms with Gasteiger partial charge in [0.05, 0.1) is 6.10 Å². The van der Waals surface area contributed by atoms with Gasteiger partial charge in [-0.3, -0.25) is 4.79 Å². The molecule has 1 aromatic rings. The molecule has 1 aromatic carbocycles. The third kappa shape index (κ3) is 3.78. The first kappa shape index (κ1) is 12.9. The maximum Gasteiger partial charge on any atom is 0.162 e. The van der Waals surface area contributed by atoms with Gasteiger partial charge in [-0.15, -0.1) is 0 Å². The first-order valence-electron chi connectivity index (χ1n) is 5.82. The normalized spacial score (nSPS) is 12.4. The summed E-state index contributed by atoms with van der Waals surface area (Å²) in [5.74, 6) is 0.201. The Labute approximate surface area is 97.6 Å². The molecule has 0 radical (unpaired) electrons. The van der Waals surface area contributed by atoms with Crippen LogP contribution in [-0.2, 0) is 11.2 Å². The summed E-state index contributed by atoms with van der Waals surface area (Å²) in [5.41, 5.74) is 2.07. The largest absolute Gasteiger partial charge is 0.382 e. The second-order valence-corrected chi connectivity index (χ2v) is 4.06. The number of ketones is 1. The molecule has 0 amide bonds. The molecular weight excluding hydrogens is 200 g/mol. The zero-order valence-electron chi connectivity index (χ0n) is 10.3. The minimum Gasteiger partial charge on any atom is -0.382 e. The summed E-state index contributed by atoms with van der Waals surface area (Å²) >= 11 is 0. The van der Waals surface area contributed by atoms with E-state index in [2.05, 4.69) is 6.92 Å². The Kier molecular flexibility index (Phi) is 5.20. The zero-order valence-corrected chi connectivity index (χ0v) is 10.3. The van der Waals surface area contributed by atoms with Crippen molar-refractivity contribution >= 4 is 5.78 Å². The van der Waals surface area contributed by atoms with E-state index >= 15 is 0 Å². The Bertz CT molecular complexity index is 327. The van der Waals surface area contributed by atoms with Crippen LogP contribution in [0.5, 0.6) is 0 Å². The average Bonchev–Trinajstić information content (AvgIpc) is 2.35. The quantitative estimate of drug-likeness (QED) is 0.688. The number of methoxy groups -OCH3 is 1. The number of Topliss-reactive ketones (excluding diaryl/α,β-unsaturated/α-hetero) is 1. The van der Waals surface area contributed by atoms with Gasteiger partial charge in [0.1, 0.15) is 0 Å². The highest BCUT2D eigenvalue weighted by Crippen LogP contribution is 2.10. The van der Waals surface area contributed by atoms with Gasteiger partial charge in [0, 0.05) is 19.1 Å². The predicted molar refractivity (Wildman–Crippen MR) is 65.9 cm³/mol. The molecule has 0 heterocycles. The van der Waals surface area contributed by atoms with Crippen molar-refractivity contribution in [3.8, 4) is 0 Å². The van der Waals surface area contributed by atoms with Crippen LogP contribution < -0.4 is 0 Å². The summed E-state index contributed by atoms with van der Waals surface area (Å²) in [7, 11) is 1.67. The number of rotatable bonds is 6. The van der Waals surface area contributed by atoms with E-state index in [-0.39, 0.29) is 11.9 Å². The molecule has 16 heavy (non-hydrogen) atoms. The van der Waals surface area contributed by atoms with Gasteiger partial charge < -0.3 is 4.74 Å². The van der Waals surface area contributed by atoms with Crippen LogP contribution in [-0.4, -0.2) is 19.0 Å². The Morgan fingerprint density at radius 3 is 2.44 bits per heavy atom. The van der Waals surface area contributed by atoms with Crippen LogP contribution in [0.4, 0.5) is 0 Å². The number of hydrogen-bond donors (Lipinski definition) is 0. The maximum atomic E-state index is 11.8. The lowest BCUT2D eigenvalue weighted by Crippen LogP contribution is -2.08. The highest BCUT2D eigenvalue weighted by molar-refractivity contribution is 5.96. The lowest BCUT2D eigenvalue weighted by atomic mass is 10.0. The molecule has 88 valence electrons. The van der Waals surface area contributed by atoms with Crippen LogP contribution in [0.1, 0.15) is 42.6 Å². The lowest BCUT2D eigenvalue weighted by Gasteiger charge is -2.08. The van der Waals surface area contributed by atoms with Crippen LogP contribution in [0.15, 0.2) is 24.3 Å².